The number of rotatable bonds is 9. The van der Waals surface area contributed by atoms with Gasteiger partial charge >= 0.3 is 16.0 Å². The first-order chi connectivity index (χ1) is 7.18. The minimum Gasteiger partial charge on any atom is -0.497 e. The Bertz CT molecular complexity index is 200. The fraction of sp³-hybridized carbons (Fsp3) is 0.250. The van der Waals surface area contributed by atoms with Crippen LogP contribution in [0.5, 0.6) is 0 Å². The minimum atomic E-state index is -1.24. The van der Waals surface area contributed by atoms with Crippen molar-refractivity contribution in [3.8, 4) is 0 Å². The zero-order valence-corrected chi connectivity index (χ0v) is 16.6. The lowest BCUT2D eigenvalue weighted by Crippen LogP contribution is -2.19. The molecule has 0 amide bonds. The molecule has 6 nitrogen and oxygen atoms in total. The largest absolute Gasteiger partial charge is 0.497 e. The Kier molecular flexibility index (Phi) is 10.7. The van der Waals surface area contributed by atoms with Gasteiger partial charge in [-0.3, -0.25) is 0 Å². The van der Waals surface area contributed by atoms with Crippen LogP contribution in [0.1, 0.15) is 6.92 Å². The molecule has 0 N–H and O–H groups in total. The van der Waals surface area contributed by atoms with Crippen molar-refractivity contribution in [2.75, 3.05) is 0 Å². The van der Waals surface area contributed by atoms with Gasteiger partial charge in [0.25, 0.3) is 30.0 Å². The molecule has 0 spiro atoms. The number of carbonyl (C=O) groups is 1. The quantitative estimate of drug-likeness (QED) is 0.243. The maximum Gasteiger partial charge on any atom is 0.360 e. The molecule has 15 heavy (non-hydrogen) atoms. The second-order valence-electron chi connectivity index (χ2n) is 2.58. The van der Waals surface area contributed by atoms with Crippen molar-refractivity contribution in [3.05, 3.63) is 12.2 Å². The summed E-state index contributed by atoms with van der Waals surface area (Å²) in [5.74, 6) is -0.388. The third kappa shape index (κ3) is 10.4. The molecule has 0 aliphatic heterocycles. The predicted molar refractivity (Wildman–Crippen MR) is 69.4 cm³/mol. The molecule has 0 aliphatic carbocycles. The molecule has 0 aliphatic rings. The Labute approximate surface area is 101 Å². The van der Waals surface area contributed by atoms with Crippen LogP contribution in [0.25, 0.3) is 0 Å². The molecule has 0 saturated heterocycles. The monoisotopic (exact) mass is 300 g/mol. The molecule has 0 aromatic heterocycles. The fourth-order valence-electron chi connectivity index (χ4n) is 0.522. The maximum atomic E-state index is 10.9. The highest BCUT2D eigenvalue weighted by atomic mass is 28.4. The van der Waals surface area contributed by atoms with Crippen molar-refractivity contribution in [1.29, 1.82) is 0 Å². The van der Waals surface area contributed by atoms with E-state index >= 15 is 0 Å². The van der Waals surface area contributed by atoms with Gasteiger partial charge < -0.3 is 20.9 Å². The normalized spacial score (nSPS) is 13.4. The fourth-order valence-corrected chi connectivity index (χ4v) is 7.26. The van der Waals surface area contributed by atoms with Gasteiger partial charge in [-0.2, -0.15) is 0 Å². The standard InChI is InChI=1S/C4H16O6Si5/c1-3(2)4(5)6-12-8-14-10-15-9-13-7-11/h1,12-15H2,2,11H3. The molecule has 0 heterocycles. The molecule has 0 radical (unpaired) electrons. The summed E-state index contributed by atoms with van der Waals surface area (Å²) in [6, 6.07) is 0. The molecule has 0 atom stereocenters. The van der Waals surface area contributed by atoms with Crippen LogP contribution in [0.2, 0.25) is 0 Å². The summed E-state index contributed by atoms with van der Waals surface area (Å²) >= 11 is 0. The zero-order chi connectivity index (χ0) is 11.5. The van der Waals surface area contributed by atoms with E-state index in [0.29, 0.717) is 5.57 Å². The van der Waals surface area contributed by atoms with Gasteiger partial charge in [-0.05, 0) is 6.92 Å². The van der Waals surface area contributed by atoms with E-state index in [2.05, 4.69) is 6.58 Å². The average Bonchev–Trinajstić information content (AvgIpc) is 2.21. The molecule has 0 unspecified atom stereocenters. The van der Waals surface area contributed by atoms with E-state index in [-0.39, 0.29) is 5.97 Å². The smallest absolute Gasteiger partial charge is 0.360 e. The van der Waals surface area contributed by atoms with E-state index in [1.165, 1.54) is 0 Å². The summed E-state index contributed by atoms with van der Waals surface area (Å²) in [4.78, 5) is 10.9. The van der Waals surface area contributed by atoms with Gasteiger partial charge in [0.1, 0.15) is 10.5 Å². The van der Waals surface area contributed by atoms with Crippen LogP contribution in [-0.4, -0.2) is 56.5 Å². The number of hydrogen-bond acceptors (Lipinski definition) is 6. The van der Waals surface area contributed by atoms with Crippen LogP contribution < -0.4 is 0 Å². The van der Waals surface area contributed by atoms with E-state index < -0.39 is 40.0 Å². The van der Waals surface area contributed by atoms with Crippen molar-refractivity contribution in [1.82, 2.24) is 0 Å². The average molecular weight is 301 g/mol. The van der Waals surface area contributed by atoms with Crippen molar-refractivity contribution in [3.63, 3.8) is 0 Å². The molecule has 0 aromatic carbocycles. The molecule has 11 heteroatoms. The first-order valence-electron chi connectivity index (χ1n) is 4.23. The highest BCUT2D eigenvalue weighted by Gasteiger charge is 2.02. The predicted octanol–water partition coefficient (Wildman–Crippen LogP) is -4.55. The van der Waals surface area contributed by atoms with Crippen LogP contribution in [0.15, 0.2) is 12.2 Å². The molecular weight excluding hydrogens is 284 g/mol. The molecule has 88 valence electrons. The van der Waals surface area contributed by atoms with Crippen molar-refractivity contribution in [2.24, 2.45) is 0 Å². The Balaban J connectivity index is 3.11. The highest BCUT2D eigenvalue weighted by molar-refractivity contribution is 6.45. The lowest BCUT2D eigenvalue weighted by atomic mass is 10.4. The van der Waals surface area contributed by atoms with Crippen LogP contribution in [0.3, 0.4) is 0 Å². The second kappa shape index (κ2) is 10.6. The molecule has 0 aromatic rings. The lowest BCUT2D eigenvalue weighted by Gasteiger charge is -2.06. The SMILES string of the molecule is C=C(C)C(=O)O[SiH2]O[SiH2]O[SiH2]O[SiH2]O[SiH3]. The lowest BCUT2D eigenvalue weighted by molar-refractivity contribution is -0.130. The third-order valence-electron chi connectivity index (χ3n) is 1.16. The summed E-state index contributed by atoms with van der Waals surface area (Å²) in [6.45, 7) is 5.06. The molecule has 0 fully saturated rings. The molecule has 0 bridgehead atoms. The van der Waals surface area contributed by atoms with E-state index in [1.807, 2.05) is 0 Å². The Hall–Kier alpha value is 0.134. The Morgan fingerprint density at radius 1 is 1.13 bits per heavy atom. The van der Waals surface area contributed by atoms with Crippen LogP contribution in [0.4, 0.5) is 0 Å². The van der Waals surface area contributed by atoms with E-state index in [4.69, 9.17) is 20.9 Å². The number of hydrogen-bond donors (Lipinski definition) is 0. The zero-order valence-electron chi connectivity index (χ0n) is 8.99. The Morgan fingerprint density at radius 3 is 2.20 bits per heavy atom. The summed E-state index contributed by atoms with van der Waals surface area (Å²) in [6.07, 6.45) is 0. The van der Waals surface area contributed by atoms with E-state index in [0.717, 1.165) is 10.5 Å². The maximum absolute atomic E-state index is 10.9. The van der Waals surface area contributed by atoms with E-state index in [9.17, 15) is 4.79 Å². The summed E-state index contributed by atoms with van der Waals surface area (Å²) in [5, 5.41) is 0. The minimum absolute atomic E-state index is 0.388. The van der Waals surface area contributed by atoms with Gasteiger partial charge in [0, 0.05) is 5.57 Å². The number of carbonyl (C=O) groups excluding carboxylic acids is 1. The van der Waals surface area contributed by atoms with Crippen molar-refractivity contribution < 1.29 is 25.7 Å². The van der Waals surface area contributed by atoms with Gasteiger partial charge in [-0.25, -0.2) is 4.79 Å². The summed E-state index contributed by atoms with van der Waals surface area (Å²) in [5.41, 5.74) is 0.390. The summed E-state index contributed by atoms with van der Waals surface area (Å²) < 4.78 is 25.3. The van der Waals surface area contributed by atoms with Crippen LogP contribution in [0, 0.1) is 0 Å². The molecule has 0 rings (SSSR count). The van der Waals surface area contributed by atoms with Crippen LogP contribution >= 0.6 is 0 Å². The van der Waals surface area contributed by atoms with Gasteiger partial charge in [-0.1, -0.05) is 6.58 Å². The van der Waals surface area contributed by atoms with Gasteiger partial charge in [0.2, 0.25) is 0 Å². The van der Waals surface area contributed by atoms with Gasteiger partial charge in [-0.15, -0.1) is 0 Å². The molecular formula is C4H16O6Si5. The second-order valence-corrected chi connectivity index (χ2v) is 11.0. The summed E-state index contributed by atoms with van der Waals surface area (Å²) in [7, 11) is -3.19. The van der Waals surface area contributed by atoms with Crippen molar-refractivity contribution in [2.45, 2.75) is 6.92 Å². The van der Waals surface area contributed by atoms with Gasteiger partial charge in [0.15, 0.2) is 0 Å². The first kappa shape index (κ1) is 15.1. The van der Waals surface area contributed by atoms with Crippen molar-refractivity contribution >= 4 is 56.5 Å². The van der Waals surface area contributed by atoms with Gasteiger partial charge in [0.05, 0.1) is 0 Å². The first-order valence-corrected chi connectivity index (χ1v) is 9.66. The van der Waals surface area contributed by atoms with E-state index in [1.54, 1.807) is 6.92 Å². The highest BCUT2D eigenvalue weighted by Crippen LogP contribution is 1.89. The third-order valence-corrected chi connectivity index (χ3v) is 6.48. The topological polar surface area (TPSA) is 63.2 Å². The Morgan fingerprint density at radius 2 is 1.67 bits per heavy atom. The van der Waals surface area contributed by atoms with Crippen LogP contribution in [-0.2, 0) is 25.7 Å². The molecule has 0 saturated carbocycles.